The van der Waals surface area contributed by atoms with Crippen LogP contribution in [-0.4, -0.2) is 61.1 Å². The van der Waals surface area contributed by atoms with Gasteiger partial charge in [-0.3, -0.25) is 14.4 Å². The Labute approximate surface area is 228 Å². The van der Waals surface area contributed by atoms with Crippen molar-refractivity contribution in [2.45, 2.75) is 76.0 Å². The number of anilines is 1. The number of carbonyl (C=O) groups is 3. The minimum Gasteiger partial charge on any atom is -0.490 e. The van der Waals surface area contributed by atoms with Gasteiger partial charge in [-0.15, -0.1) is 11.3 Å². The molecule has 2 N–H and O–H groups in total. The summed E-state index contributed by atoms with van der Waals surface area (Å²) in [5, 5.41) is 7.94. The molecule has 38 heavy (non-hydrogen) atoms. The number of rotatable bonds is 7. The summed E-state index contributed by atoms with van der Waals surface area (Å²) in [4.78, 5) is 41.2. The van der Waals surface area contributed by atoms with Crippen LogP contribution >= 0.6 is 11.3 Å². The van der Waals surface area contributed by atoms with Gasteiger partial charge in [-0.25, -0.2) is 0 Å². The summed E-state index contributed by atoms with van der Waals surface area (Å²) in [5.41, 5.74) is 0.982. The molecule has 0 unspecified atom stereocenters. The van der Waals surface area contributed by atoms with E-state index in [9.17, 15) is 14.4 Å². The smallest absolute Gasteiger partial charge is 0.257 e. The number of hydrogen-bond acceptors (Lipinski definition) is 6. The number of nitrogens with one attached hydrogen (secondary N) is 2. The molecule has 1 saturated heterocycles. The van der Waals surface area contributed by atoms with Gasteiger partial charge in [0.05, 0.1) is 30.6 Å². The number of hydrogen-bond donors (Lipinski definition) is 2. The lowest BCUT2D eigenvalue weighted by molar-refractivity contribution is -0.134. The Morgan fingerprint density at radius 2 is 1.92 bits per heavy atom. The second-order valence-electron chi connectivity index (χ2n) is 10.7. The lowest BCUT2D eigenvalue weighted by Crippen LogP contribution is -2.54. The molecule has 0 spiro atoms. The number of fused-ring (bicyclic) bond motifs is 2. The highest BCUT2D eigenvalue weighted by molar-refractivity contribution is 7.10. The normalized spacial score (nSPS) is 23.9. The highest BCUT2D eigenvalue weighted by Gasteiger charge is 2.39. The average Bonchev–Trinajstić information content (AvgIpc) is 3.43. The summed E-state index contributed by atoms with van der Waals surface area (Å²) in [5.74, 6) is 0.797. The quantitative estimate of drug-likeness (QED) is 0.544. The molecular formula is C29H37N3O5S. The maximum atomic E-state index is 13.4. The van der Waals surface area contributed by atoms with Crippen LogP contribution in [0.5, 0.6) is 5.75 Å². The van der Waals surface area contributed by atoms with E-state index in [4.69, 9.17) is 9.47 Å². The van der Waals surface area contributed by atoms with Crippen LogP contribution < -0.4 is 15.4 Å². The monoisotopic (exact) mass is 539 g/mol. The lowest BCUT2D eigenvalue weighted by atomic mass is 9.89. The van der Waals surface area contributed by atoms with Crippen LogP contribution in [-0.2, 0) is 20.7 Å². The van der Waals surface area contributed by atoms with Gasteiger partial charge in [-0.1, -0.05) is 25.3 Å². The van der Waals surface area contributed by atoms with Crippen LogP contribution in [0.25, 0.3) is 0 Å². The zero-order valence-electron chi connectivity index (χ0n) is 21.9. The average molecular weight is 540 g/mol. The van der Waals surface area contributed by atoms with E-state index in [0.717, 1.165) is 17.8 Å². The Bertz CT molecular complexity index is 1130. The molecule has 2 aromatic rings. The molecule has 1 aromatic carbocycles. The molecule has 3 heterocycles. The van der Waals surface area contributed by atoms with Crippen LogP contribution in [0.3, 0.4) is 0 Å². The van der Waals surface area contributed by atoms with Crippen molar-refractivity contribution in [3.8, 4) is 5.75 Å². The third-order valence-electron chi connectivity index (χ3n) is 7.94. The predicted molar refractivity (Wildman–Crippen MR) is 147 cm³/mol. The molecule has 204 valence electrons. The minimum absolute atomic E-state index is 0.0363. The maximum absolute atomic E-state index is 13.4. The van der Waals surface area contributed by atoms with Crippen LogP contribution in [0.2, 0.25) is 0 Å². The number of carbonyl (C=O) groups excluding carboxylic acids is 3. The van der Waals surface area contributed by atoms with Crippen molar-refractivity contribution in [1.82, 2.24) is 10.2 Å². The van der Waals surface area contributed by atoms with E-state index in [1.54, 1.807) is 30.1 Å². The number of likely N-dealkylation sites (N-methyl/N-ethyl adjacent to an activating group) is 1. The fraction of sp³-hybridized carbons (Fsp3) is 0.552. The number of thiophene rings is 1. The van der Waals surface area contributed by atoms with Crippen molar-refractivity contribution in [1.29, 1.82) is 0 Å². The first kappa shape index (κ1) is 26.7. The largest absolute Gasteiger partial charge is 0.490 e. The van der Waals surface area contributed by atoms with E-state index in [-0.39, 0.29) is 36.0 Å². The molecular weight excluding hydrogens is 502 g/mol. The van der Waals surface area contributed by atoms with Crippen molar-refractivity contribution in [3.63, 3.8) is 0 Å². The third-order valence-corrected chi connectivity index (χ3v) is 8.81. The number of ether oxygens (including phenoxy) is 2. The van der Waals surface area contributed by atoms with E-state index < -0.39 is 0 Å². The second-order valence-corrected chi connectivity index (χ2v) is 11.7. The topological polar surface area (TPSA) is 97.0 Å². The van der Waals surface area contributed by atoms with E-state index in [1.165, 1.54) is 43.4 Å². The SMILES string of the molecule is CN1C(=O)c2cc(NC(=O)Cc3cccs3)ccc2OC[C@@H]2O[C@H](CC(=O)NCC3CCCCC3)CC[C@@H]21. The van der Waals surface area contributed by atoms with Crippen molar-refractivity contribution in [2.24, 2.45) is 5.92 Å². The summed E-state index contributed by atoms with van der Waals surface area (Å²) in [6.45, 7) is 1.05. The van der Waals surface area contributed by atoms with Gasteiger partial charge in [0.15, 0.2) is 0 Å². The van der Waals surface area contributed by atoms with Crippen LogP contribution in [0.15, 0.2) is 35.7 Å². The summed E-state index contributed by atoms with van der Waals surface area (Å²) < 4.78 is 12.4. The molecule has 5 rings (SSSR count). The van der Waals surface area contributed by atoms with Gasteiger partial charge < -0.3 is 25.0 Å². The first-order valence-electron chi connectivity index (χ1n) is 13.7. The molecule has 0 radical (unpaired) electrons. The molecule has 2 fully saturated rings. The summed E-state index contributed by atoms with van der Waals surface area (Å²) >= 11 is 1.54. The zero-order valence-corrected chi connectivity index (χ0v) is 22.8. The highest BCUT2D eigenvalue weighted by atomic mass is 32.1. The molecule has 3 amide bonds. The van der Waals surface area contributed by atoms with E-state index in [0.29, 0.717) is 48.8 Å². The first-order valence-corrected chi connectivity index (χ1v) is 14.6. The fourth-order valence-corrected chi connectivity index (χ4v) is 6.51. The zero-order chi connectivity index (χ0) is 26.5. The Kier molecular flexibility index (Phi) is 8.64. The first-order chi connectivity index (χ1) is 18.5. The highest BCUT2D eigenvalue weighted by Crippen LogP contribution is 2.32. The van der Waals surface area contributed by atoms with Gasteiger partial charge in [0.25, 0.3) is 5.91 Å². The van der Waals surface area contributed by atoms with E-state index in [2.05, 4.69) is 10.6 Å². The van der Waals surface area contributed by atoms with Crippen LogP contribution in [0.1, 0.15) is 66.6 Å². The van der Waals surface area contributed by atoms with Crippen LogP contribution in [0, 0.1) is 5.92 Å². The van der Waals surface area contributed by atoms with Gasteiger partial charge in [-0.05, 0) is 61.2 Å². The number of benzene rings is 1. The van der Waals surface area contributed by atoms with Gasteiger partial charge >= 0.3 is 0 Å². The van der Waals surface area contributed by atoms with Crippen molar-refractivity contribution < 1.29 is 23.9 Å². The van der Waals surface area contributed by atoms with E-state index in [1.807, 2.05) is 17.5 Å². The van der Waals surface area contributed by atoms with Crippen molar-refractivity contribution in [3.05, 3.63) is 46.2 Å². The molecule has 3 atom stereocenters. The van der Waals surface area contributed by atoms with Gasteiger partial charge in [0, 0.05) is 24.2 Å². The molecule has 1 aromatic heterocycles. The minimum atomic E-state index is -0.313. The van der Waals surface area contributed by atoms with Crippen molar-refractivity contribution >= 4 is 34.7 Å². The molecule has 9 heteroatoms. The summed E-state index contributed by atoms with van der Waals surface area (Å²) in [7, 11) is 1.79. The fourth-order valence-electron chi connectivity index (χ4n) is 5.81. The van der Waals surface area contributed by atoms with Gasteiger partial charge in [0.1, 0.15) is 18.5 Å². The second kappa shape index (κ2) is 12.3. The predicted octanol–water partition coefficient (Wildman–Crippen LogP) is 4.40. The molecule has 0 bridgehead atoms. The molecule has 1 aliphatic carbocycles. The third kappa shape index (κ3) is 6.56. The number of nitrogens with zero attached hydrogens (tertiary/aromatic N) is 1. The summed E-state index contributed by atoms with van der Waals surface area (Å²) in [6, 6.07) is 8.86. The Morgan fingerprint density at radius 1 is 1.08 bits per heavy atom. The van der Waals surface area contributed by atoms with Gasteiger partial charge in [-0.2, -0.15) is 0 Å². The lowest BCUT2D eigenvalue weighted by Gasteiger charge is -2.42. The molecule has 2 aliphatic heterocycles. The molecule has 8 nitrogen and oxygen atoms in total. The van der Waals surface area contributed by atoms with Gasteiger partial charge in [0.2, 0.25) is 11.8 Å². The standard InChI is InChI=1S/C29H37N3O5S/c1-32-24-11-10-21(15-27(33)30-17-19-6-3-2-4-7-19)37-26(24)18-36-25-12-9-20(14-23(25)29(32)35)31-28(34)16-22-8-5-13-38-22/h5,8-9,12-14,19,21,24,26H,2-4,6-7,10-11,15-18H2,1H3,(H,30,33)(H,31,34)/t21-,24-,26-/m0/s1. The van der Waals surface area contributed by atoms with Crippen LogP contribution in [0.4, 0.5) is 5.69 Å². The Hall–Kier alpha value is -2.91. The van der Waals surface area contributed by atoms with Crippen molar-refractivity contribution in [2.75, 3.05) is 25.5 Å². The maximum Gasteiger partial charge on any atom is 0.257 e. The van der Waals surface area contributed by atoms with E-state index >= 15 is 0 Å². The molecule has 1 saturated carbocycles. The summed E-state index contributed by atoms with van der Waals surface area (Å²) in [6.07, 6.45) is 7.80. The Morgan fingerprint density at radius 3 is 2.71 bits per heavy atom. The number of amides is 3. The Balaban J connectivity index is 1.18. The molecule has 3 aliphatic rings.